The van der Waals surface area contributed by atoms with Crippen molar-refractivity contribution in [2.24, 2.45) is 0 Å². The predicted molar refractivity (Wildman–Crippen MR) is 76.6 cm³/mol. The van der Waals surface area contributed by atoms with E-state index in [1.165, 1.54) is 18.2 Å². The summed E-state index contributed by atoms with van der Waals surface area (Å²) in [6.45, 7) is -0.443. The molecular formula is C15H9ClF2N2O2. The molecule has 0 heterocycles. The fourth-order valence-corrected chi connectivity index (χ4v) is 1.85. The Labute approximate surface area is 129 Å². The van der Waals surface area contributed by atoms with Gasteiger partial charge in [-0.15, -0.1) is 0 Å². The molecule has 7 heteroatoms. The summed E-state index contributed by atoms with van der Waals surface area (Å²) in [5.74, 6) is -1.90. The standard InChI is InChI=1S/C15H9ClF2N2O2/c16-11-5-9(7-19)1-4-14(11)22-8-15(21)20-13-6-10(17)2-3-12(13)18/h1-6H,8H2,(H,20,21). The molecule has 0 radical (unpaired) electrons. The third kappa shape index (κ3) is 3.93. The quantitative estimate of drug-likeness (QED) is 0.937. The minimum absolute atomic E-state index is 0.170. The number of carbonyl (C=O) groups excluding carboxylic acids is 1. The summed E-state index contributed by atoms with van der Waals surface area (Å²) >= 11 is 5.88. The molecule has 0 aliphatic heterocycles. The molecule has 0 atom stereocenters. The zero-order valence-corrected chi connectivity index (χ0v) is 11.8. The molecule has 22 heavy (non-hydrogen) atoms. The molecule has 1 amide bonds. The fraction of sp³-hybridized carbons (Fsp3) is 0.0667. The second-order valence-corrected chi connectivity index (χ2v) is 4.63. The first-order valence-corrected chi connectivity index (χ1v) is 6.45. The van der Waals surface area contributed by atoms with Gasteiger partial charge >= 0.3 is 0 Å². The van der Waals surface area contributed by atoms with Crippen molar-refractivity contribution in [1.82, 2.24) is 0 Å². The fourth-order valence-electron chi connectivity index (χ4n) is 1.61. The number of amides is 1. The van der Waals surface area contributed by atoms with Crippen LogP contribution < -0.4 is 10.1 Å². The molecule has 0 unspecified atom stereocenters. The van der Waals surface area contributed by atoms with Crippen molar-refractivity contribution >= 4 is 23.2 Å². The molecule has 1 N–H and O–H groups in total. The monoisotopic (exact) mass is 322 g/mol. The molecule has 2 rings (SSSR count). The van der Waals surface area contributed by atoms with Crippen molar-refractivity contribution in [2.75, 3.05) is 11.9 Å². The molecule has 0 bridgehead atoms. The number of carbonyl (C=O) groups is 1. The van der Waals surface area contributed by atoms with Crippen molar-refractivity contribution in [3.63, 3.8) is 0 Å². The Balaban J connectivity index is 1.99. The Morgan fingerprint density at radius 2 is 2.05 bits per heavy atom. The molecular weight excluding hydrogens is 314 g/mol. The zero-order chi connectivity index (χ0) is 16.1. The summed E-state index contributed by atoms with van der Waals surface area (Å²) < 4.78 is 31.5. The van der Waals surface area contributed by atoms with Crippen LogP contribution in [0.15, 0.2) is 36.4 Å². The Hall–Kier alpha value is -2.65. The summed E-state index contributed by atoms with van der Waals surface area (Å²) in [6, 6.07) is 8.93. The lowest BCUT2D eigenvalue weighted by molar-refractivity contribution is -0.118. The van der Waals surface area contributed by atoms with Crippen molar-refractivity contribution in [1.29, 1.82) is 5.26 Å². The lowest BCUT2D eigenvalue weighted by Gasteiger charge is -2.09. The highest BCUT2D eigenvalue weighted by molar-refractivity contribution is 6.32. The van der Waals surface area contributed by atoms with E-state index in [9.17, 15) is 13.6 Å². The predicted octanol–water partition coefficient (Wildman–Crippen LogP) is 3.51. The van der Waals surface area contributed by atoms with E-state index in [-0.39, 0.29) is 16.5 Å². The largest absolute Gasteiger partial charge is 0.482 e. The minimum Gasteiger partial charge on any atom is -0.482 e. The van der Waals surface area contributed by atoms with Crippen molar-refractivity contribution in [3.8, 4) is 11.8 Å². The Bertz CT molecular complexity index is 760. The van der Waals surface area contributed by atoms with Crippen molar-refractivity contribution in [2.45, 2.75) is 0 Å². The van der Waals surface area contributed by atoms with Gasteiger partial charge in [-0.05, 0) is 30.3 Å². The molecule has 2 aromatic carbocycles. The number of nitrogens with one attached hydrogen (secondary N) is 1. The van der Waals surface area contributed by atoms with E-state index in [1.807, 2.05) is 6.07 Å². The highest BCUT2D eigenvalue weighted by atomic mass is 35.5. The minimum atomic E-state index is -0.758. The molecule has 112 valence electrons. The molecule has 0 fully saturated rings. The van der Waals surface area contributed by atoms with Gasteiger partial charge in [0.05, 0.1) is 22.3 Å². The first-order chi connectivity index (χ1) is 10.5. The maximum absolute atomic E-state index is 13.4. The van der Waals surface area contributed by atoms with E-state index >= 15 is 0 Å². The van der Waals surface area contributed by atoms with E-state index < -0.39 is 24.1 Å². The second kappa shape index (κ2) is 6.87. The smallest absolute Gasteiger partial charge is 0.262 e. The van der Waals surface area contributed by atoms with E-state index in [1.54, 1.807) is 0 Å². The lowest BCUT2D eigenvalue weighted by Crippen LogP contribution is -2.21. The molecule has 0 aromatic heterocycles. The number of halogens is 3. The van der Waals surface area contributed by atoms with Gasteiger partial charge in [0.2, 0.25) is 0 Å². The van der Waals surface area contributed by atoms with Gasteiger partial charge in [0.1, 0.15) is 17.4 Å². The zero-order valence-electron chi connectivity index (χ0n) is 11.1. The van der Waals surface area contributed by atoms with Gasteiger partial charge in [-0.2, -0.15) is 5.26 Å². The Morgan fingerprint density at radius 1 is 1.27 bits per heavy atom. The van der Waals surface area contributed by atoms with Crippen LogP contribution >= 0.6 is 11.6 Å². The number of anilines is 1. The molecule has 2 aromatic rings. The van der Waals surface area contributed by atoms with Crippen LogP contribution in [0.3, 0.4) is 0 Å². The summed E-state index contributed by atoms with van der Waals surface area (Å²) in [7, 11) is 0. The first kappa shape index (κ1) is 15.7. The van der Waals surface area contributed by atoms with E-state index in [0.29, 0.717) is 5.56 Å². The maximum atomic E-state index is 13.4. The van der Waals surface area contributed by atoms with Gasteiger partial charge in [0.25, 0.3) is 5.91 Å². The summed E-state index contributed by atoms with van der Waals surface area (Å²) in [4.78, 5) is 11.7. The van der Waals surface area contributed by atoms with Crippen molar-refractivity contribution in [3.05, 3.63) is 58.6 Å². The van der Waals surface area contributed by atoms with E-state index in [4.69, 9.17) is 21.6 Å². The van der Waals surface area contributed by atoms with Crippen LogP contribution in [0, 0.1) is 23.0 Å². The van der Waals surface area contributed by atoms with Gasteiger partial charge < -0.3 is 10.1 Å². The third-order valence-electron chi connectivity index (χ3n) is 2.62. The van der Waals surface area contributed by atoms with Gasteiger partial charge in [-0.25, -0.2) is 8.78 Å². The molecule has 0 aliphatic rings. The molecule has 0 aliphatic carbocycles. The number of hydrogen-bond donors (Lipinski definition) is 1. The number of hydrogen-bond acceptors (Lipinski definition) is 3. The SMILES string of the molecule is N#Cc1ccc(OCC(=O)Nc2cc(F)ccc2F)c(Cl)c1. The van der Waals surface area contributed by atoms with Crippen LogP contribution in [0.2, 0.25) is 5.02 Å². The average Bonchev–Trinajstić information content (AvgIpc) is 2.49. The Morgan fingerprint density at radius 3 is 2.73 bits per heavy atom. The molecule has 0 saturated heterocycles. The van der Waals surface area contributed by atoms with E-state index in [2.05, 4.69) is 5.32 Å². The van der Waals surface area contributed by atoms with Gasteiger partial charge in [-0.1, -0.05) is 11.6 Å². The maximum Gasteiger partial charge on any atom is 0.262 e. The number of nitrogens with zero attached hydrogens (tertiary/aromatic N) is 1. The topological polar surface area (TPSA) is 62.1 Å². The van der Waals surface area contributed by atoms with Crippen LogP contribution in [0.25, 0.3) is 0 Å². The molecule has 0 saturated carbocycles. The third-order valence-corrected chi connectivity index (χ3v) is 2.92. The normalized spacial score (nSPS) is 9.91. The van der Waals surface area contributed by atoms with Crippen LogP contribution in [-0.2, 0) is 4.79 Å². The number of ether oxygens (including phenoxy) is 1. The first-order valence-electron chi connectivity index (χ1n) is 6.07. The van der Waals surface area contributed by atoms with Gasteiger partial charge in [0.15, 0.2) is 6.61 Å². The Kier molecular flexibility index (Phi) is 4.92. The second-order valence-electron chi connectivity index (χ2n) is 4.22. The number of benzene rings is 2. The van der Waals surface area contributed by atoms with Crippen LogP contribution in [0.4, 0.5) is 14.5 Å². The summed E-state index contributed by atoms with van der Waals surface area (Å²) in [5.41, 5.74) is 0.0724. The lowest BCUT2D eigenvalue weighted by atomic mass is 10.2. The summed E-state index contributed by atoms with van der Waals surface area (Å²) in [5, 5.41) is 11.1. The summed E-state index contributed by atoms with van der Waals surface area (Å²) in [6.07, 6.45) is 0. The highest BCUT2D eigenvalue weighted by Crippen LogP contribution is 2.25. The average molecular weight is 323 g/mol. The van der Waals surface area contributed by atoms with Crippen LogP contribution in [-0.4, -0.2) is 12.5 Å². The van der Waals surface area contributed by atoms with E-state index in [0.717, 1.165) is 18.2 Å². The van der Waals surface area contributed by atoms with Gasteiger partial charge in [0, 0.05) is 6.07 Å². The molecule has 0 spiro atoms. The van der Waals surface area contributed by atoms with Gasteiger partial charge in [-0.3, -0.25) is 4.79 Å². The number of nitriles is 1. The molecule has 4 nitrogen and oxygen atoms in total. The van der Waals surface area contributed by atoms with Crippen LogP contribution in [0.5, 0.6) is 5.75 Å². The highest BCUT2D eigenvalue weighted by Gasteiger charge is 2.10. The van der Waals surface area contributed by atoms with Crippen LogP contribution in [0.1, 0.15) is 5.56 Å². The van der Waals surface area contributed by atoms with Crippen molar-refractivity contribution < 1.29 is 18.3 Å². The number of rotatable bonds is 4.